The van der Waals surface area contributed by atoms with Gasteiger partial charge in [0.2, 0.25) is 0 Å². The molecule has 2 amide bonds. The summed E-state index contributed by atoms with van der Waals surface area (Å²) < 4.78 is 4.58. The van der Waals surface area contributed by atoms with Crippen molar-refractivity contribution in [3.8, 4) is 0 Å². The molecular formula is C19H19N3O4. The van der Waals surface area contributed by atoms with Gasteiger partial charge in [0.15, 0.2) is 0 Å². The maximum atomic E-state index is 11.8. The van der Waals surface area contributed by atoms with Gasteiger partial charge in [-0.1, -0.05) is 31.2 Å². The van der Waals surface area contributed by atoms with E-state index < -0.39 is 17.8 Å². The number of anilines is 1. The van der Waals surface area contributed by atoms with Crippen molar-refractivity contribution >= 4 is 29.7 Å². The van der Waals surface area contributed by atoms with Gasteiger partial charge in [0.05, 0.1) is 18.9 Å². The van der Waals surface area contributed by atoms with Gasteiger partial charge < -0.3 is 10.1 Å². The molecule has 0 aliphatic heterocycles. The van der Waals surface area contributed by atoms with Crippen molar-refractivity contribution in [2.24, 2.45) is 5.10 Å². The molecule has 0 spiro atoms. The molecule has 2 N–H and O–H groups in total. The van der Waals surface area contributed by atoms with Crippen LogP contribution in [0.4, 0.5) is 5.69 Å². The van der Waals surface area contributed by atoms with Crippen molar-refractivity contribution in [2.45, 2.75) is 13.3 Å². The minimum absolute atomic E-state index is 0.341. The number of nitrogens with zero attached hydrogens (tertiary/aromatic N) is 1. The third-order valence-corrected chi connectivity index (χ3v) is 3.54. The Morgan fingerprint density at radius 1 is 1.00 bits per heavy atom. The third kappa shape index (κ3) is 5.27. The first-order chi connectivity index (χ1) is 12.5. The van der Waals surface area contributed by atoms with Crippen molar-refractivity contribution in [1.82, 2.24) is 5.43 Å². The number of amides is 2. The van der Waals surface area contributed by atoms with E-state index >= 15 is 0 Å². The topological polar surface area (TPSA) is 96.9 Å². The highest BCUT2D eigenvalue weighted by atomic mass is 16.5. The van der Waals surface area contributed by atoms with E-state index in [0.717, 1.165) is 12.0 Å². The molecule has 0 fully saturated rings. The minimum atomic E-state index is -0.900. The summed E-state index contributed by atoms with van der Waals surface area (Å²) in [6.45, 7) is 2.06. The van der Waals surface area contributed by atoms with Crippen LogP contribution in [0.25, 0.3) is 0 Å². The molecule has 26 heavy (non-hydrogen) atoms. The number of aryl methyl sites for hydroxylation is 1. The Bertz CT molecular complexity index is 812. The van der Waals surface area contributed by atoms with Gasteiger partial charge in [-0.3, -0.25) is 9.59 Å². The monoisotopic (exact) mass is 353 g/mol. The molecule has 7 nitrogen and oxygen atoms in total. The summed E-state index contributed by atoms with van der Waals surface area (Å²) in [6.07, 6.45) is 2.39. The van der Waals surface area contributed by atoms with Crippen molar-refractivity contribution in [3.63, 3.8) is 0 Å². The molecule has 134 valence electrons. The normalized spacial score (nSPS) is 10.4. The van der Waals surface area contributed by atoms with Gasteiger partial charge in [-0.2, -0.15) is 5.10 Å². The summed E-state index contributed by atoms with van der Waals surface area (Å²) in [5.74, 6) is -2.25. The van der Waals surface area contributed by atoms with Crippen LogP contribution in [0, 0.1) is 0 Å². The Balaban J connectivity index is 1.87. The molecule has 0 unspecified atom stereocenters. The summed E-state index contributed by atoms with van der Waals surface area (Å²) in [5, 5.41) is 6.17. The number of methoxy groups -OCH3 is 1. The zero-order valence-corrected chi connectivity index (χ0v) is 14.5. The SMILES string of the molecule is CCc1ccc(/C=N/NC(=O)C(=O)Nc2ccc(C(=O)OC)cc2)cc1. The molecule has 0 heterocycles. The molecule has 0 aliphatic carbocycles. The summed E-state index contributed by atoms with van der Waals surface area (Å²) >= 11 is 0. The Kier molecular flexibility index (Phi) is 6.61. The average molecular weight is 353 g/mol. The lowest BCUT2D eigenvalue weighted by Gasteiger charge is -2.05. The minimum Gasteiger partial charge on any atom is -0.465 e. The second-order valence-corrected chi connectivity index (χ2v) is 5.32. The van der Waals surface area contributed by atoms with Gasteiger partial charge in [0.25, 0.3) is 0 Å². The molecule has 0 bridgehead atoms. The van der Waals surface area contributed by atoms with Crippen LogP contribution < -0.4 is 10.7 Å². The van der Waals surface area contributed by atoms with Crippen LogP contribution in [-0.2, 0) is 20.7 Å². The molecular weight excluding hydrogens is 334 g/mol. The van der Waals surface area contributed by atoms with Crippen molar-refractivity contribution in [1.29, 1.82) is 0 Å². The number of hydrazone groups is 1. The van der Waals surface area contributed by atoms with Crippen molar-refractivity contribution in [3.05, 3.63) is 65.2 Å². The van der Waals surface area contributed by atoms with Crippen molar-refractivity contribution < 1.29 is 19.1 Å². The lowest BCUT2D eigenvalue weighted by molar-refractivity contribution is -0.136. The number of carbonyl (C=O) groups is 3. The number of ether oxygens (including phenoxy) is 1. The molecule has 7 heteroatoms. The van der Waals surface area contributed by atoms with E-state index in [-0.39, 0.29) is 0 Å². The van der Waals surface area contributed by atoms with Crippen LogP contribution in [0.3, 0.4) is 0 Å². The number of hydrogen-bond donors (Lipinski definition) is 2. The summed E-state index contributed by atoms with van der Waals surface area (Å²) in [7, 11) is 1.28. The van der Waals surface area contributed by atoms with E-state index in [1.807, 2.05) is 24.3 Å². The second kappa shape index (κ2) is 9.12. The first kappa shape index (κ1) is 18.9. The maximum Gasteiger partial charge on any atom is 0.337 e. The van der Waals surface area contributed by atoms with E-state index in [1.54, 1.807) is 0 Å². The van der Waals surface area contributed by atoms with Gasteiger partial charge in [-0.05, 0) is 41.8 Å². The second-order valence-electron chi connectivity index (χ2n) is 5.32. The predicted molar refractivity (Wildman–Crippen MR) is 98.0 cm³/mol. The van der Waals surface area contributed by atoms with E-state index in [0.29, 0.717) is 11.3 Å². The lowest BCUT2D eigenvalue weighted by Crippen LogP contribution is -2.32. The first-order valence-electron chi connectivity index (χ1n) is 7.95. The van der Waals surface area contributed by atoms with Crippen LogP contribution in [0.15, 0.2) is 53.6 Å². The quantitative estimate of drug-likeness (QED) is 0.372. The zero-order valence-electron chi connectivity index (χ0n) is 14.5. The Morgan fingerprint density at radius 3 is 2.23 bits per heavy atom. The molecule has 0 saturated carbocycles. The van der Waals surface area contributed by atoms with E-state index in [1.165, 1.54) is 43.2 Å². The lowest BCUT2D eigenvalue weighted by atomic mass is 10.1. The highest BCUT2D eigenvalue weighted by molar-refractivity contribution is 6.39. The standard InChI is InChI=1S/C19H19N3O4/c1-3-13-4-6-14(7-5-13)12-20-22-18(24)17(23)21-16-10-8-15(9-11-16)19(25)26-2/h4-12H,3H2,1-2H3,(H,21,23)(H,22,24)/b20-12+. The summed E-state index contributed by atoms with van der Waals surface area (Å²) in [4.78, 5) is 34.9. The number of rotatable bonds is 5. The van der Waals surface area contributed by atoms with Crippen LogP contribution in [0.1, 0.15) is 28.4 Å². The fourth-order valence-corrected chi connectivity index (χ4v) is 2.05. The van der Waals surface area contributed by atoms with Crippen LogP contribution in [-0.4, -0.2) is 31.1 Å². The predicted octanol–water partition coefficient (Wildman–Crippen LogP) is 2.12. The van der Waals surface area contributed by atoms with Gasteiger partial charge in [0.1, 0.15) is 0 Å². The highest BCUT2D eigenvalue weighted by Gasteiger charge is 2.13. The number of benzene rings is 2. The van der Waals surface area contributed by atoms with Gasteiger partial charge in [-0.15, -0.1) is 0 Å². The zero-order chi connectivity index (χ0) is 18.9. The molecule has 2 rings (SSSR count). The summed E-state index contributed by atoms with van der Waals surface area (Å²) in [5.41, 5.74) is 4.88. The molecule has 0 saturated heterocycles. The Labute approximate surface area is 151 Å². The highest BCUT2D eigenvalue weighted by Crippen LogP contribution is 2.10. The number of esters is 1. The number of nitrogens with one attached hydrogen (secondary N) is 2. The van der Waals surface area contributed by atoms with E-state index in [9.17, 15) is 14.4 Å². The molecule has 0 aliphatic rings. The Hall–Kier alpha value is -3.48. The van der Waals surface area contributed by atoms with Crippen LogP contribution >= 0.6 is 0 Å². The molecule has 2 aromatic carbocycles. The number of hydrogen-bond acceptors (Lipinski definition) is 5. The van der Waals surface area contributed by atoms with Gasteiger partial charge in [-0.25, -0.2) is 10.2 Å². The molecule has 0 atom stereocenters. The third-order valence-electron chi connectivity index (χ3n) is 3.54. The first-order valence-corrected chi connectivity index (χ1v) is 7.95. The fraction of sp³-hybridized carbons (Fsp3) is 0.158. The van der Waals surface area contributed by atoms with Crippen molar-refractivity contribution in [2.75, 3.05) is 12.4 Å². The van der Waals surface area contributed by atoms with E-state index in [4.69, 9.17) is 0 Å². The smallest absolute Gasteiger partial charge is 0.337 e. The fourth-order valence-electron chi connectivity index (χ4n) is 2.05. The average Bonchev–Trinajstić information content (AvgIpc) is 2.68. The molecule has 2 aromatic rings. The Morgan fingerprint density at radius 2 is 1.65 bits per heavy atom. The van der Waals surface area contributed by atoms with Gasteiger partial charge >= 0.3 is 17.8 Å². The van der Waals surface area contributed by atoms with Crippen LogP contribution in [0.2, 0.25) is 0 Å². The van der Waals surface area contributed by atoms with E-state index in [2.05, 4.69) is 27.5 Å². The maximum absolute atomic E-state index is 11.8. The largest absolute Gasteiger partial charge is 0.465 e. The molecule has 0 aromatic heterocycles. The summed E-state index contributed by atoms with van der Waals surface area (Å²) in [6, 6.07) is 13.6. The van der Waals surface area contributed by atoms with Crippen LogP contribution in [0.5, 0.6) is 0 Å². The number of carbonyl (C=O) groups excluding carboxylic acids is 3. The molecule has 0 radical (unpaired) electrons. The van der Waals surface area contributed by atoms with Gasteiger partial charge in [0, 0.05) is 5.69 Å².